The van der Waals surface area contributed by atoms with Crippen molar-refractivity contribution in [1.29, 1.82) is 0 Å². The van der Waals surface area contributed by atoms with Gasteiger partial charge < -0.3 is 10.3 Å². The molecule has 0 spiro atoms. The van der Waals surface area contributed by atoms with Gasteiger partial charge in [-0.2, -0.15) is 5.10 Å². The van der Waals surface area contributed by atoms with E-state index in [1.807, 2.05) is 30.5 Å². The highest BCUT2D eigenvalue weighted by atomic mass is 16.1. The minimum Gasteiger partial charge on any atom is -0.361 e. The van der Waals surface area contributed by atoms with Crippen molar-refractivity contribution in [3.8, 4) is 5.82 Å². The molecule has 4 rings (SSSR count). The number of aryl methyl sites for hydroxylation is 1. The summed E-state index contributed by atoms with van der Waals surface area (Å²) in [5.41, 5.74) is 3.03. The minimum atomic E-state index is -0.0220. The summed E-state index contributed by atoms with van der Waals surface area (Å²) in [7, 11) is 0. The molecule has 6 heteroatoms. The van der Waals surface area contributed by atoms with E-state index in [0.717, 1.165) is 18.4 Å². The molecule has 26 heavy (non-hydrogen) atoms. The number of nitrogens with one attached hydrogen (secondary N) is 2. The molecule has 0 saturated heterocycles. The van der Waals surface area contributed by atoms with Crippen molar-refractivity contribution in [2.45, 2.75) is 19.3 Å². The molecule has 4 aromatic rings. The quantitative estimate of drug-likeness (QED) is 0.559. The van der Waals surface area contributed by atoms with E-state index in [4.69, 9.17) is 0 Å². The predicted octanol–water partition coefficient (Wildman–Crippen LogP) is 3.71. The van der Waals surface area contributed by atoms with Crippen molar-refractivity contribution >= 4 is 22.5 Å². The first-order valence-electron chi connectivity index (χ1n) is 8.61. The second-order valence-electron chi connectivity index (χ2n) is 6.09. The zero-order valence-electron chi connectivity index (χ0n) is 14.2. The van der Waals surface area contributed by atoms with Crippen LogP contribution in [0.1, 0.15) is 18.4 Å². The van der Waals surface area contributed by atoms with Crippen LogP contribution in [0.2, 0.25) is 0 Å². The summed E-state index contributed by atoms with van der Waals surface area (Å²) < 4.78 is 1.64. The number of para-hydroxylation sites is 1. The molecular formula is C20H19N5O. The van der Waals surface area contributed by atoms with E-state index in [9.17, 15) is 4.79 Å². The molecule has 0 bridgehead atoms. The Bertz CT molecular complexity index is 1020. The Hall–Kier alpha value is -3.41. The van der Waals surface area contributed by atoms with E-state index >= 15 is 0 Å². The van der Waals surface area contributed by atoms with E-state index < -0.39 is 0 Å². The van der Waals surface area contributed by atoms with Crippen LogP contribution >= 0.6 is 0 Å². The number of aromatic nitrogens is 4. The normalized spacial score (nSPS) is 10.9. The second-order valence-corrected chi connectivity index (χ2v) is 6.09. The molecule has 0 atom stereocenters. The highest BCUT2D eigenvalue weighted by Crippen LogP contribution is 2.20. The fourth-order valence-electron chi connectivity index (χ4n) is 3.06. The standard InChI is InChI=1S/C20H19N5O/c26-19(10-3-6-15-14-22-17-8-2-1-7-16(15)17)24-18-9-4-11-21-20(18)25-13-5-12-23-25/h1-2,4-5,7-9,11-14,22H,3,6,10H2,(H,24,26). The lowest BCUT2D eigenvalue weighted by Crippen LogP contribution is -2.14. The molecule has 1 amide bonds. The monoisotopic (exact) mass is 345 g/mol. The summed E-state index contributed by atoms with van der Waals surface area (Å²) >= 11 is 0. The molecule has 130 valence electrons. The van der Waals surface area contributed by atoms with Crippen LogP contribution in [-0.2, 0) is 11.2 Å². The number of H-pyrrole nitrogens is 1. The fraction of sp³-hybridized carbons (Fsp3) is 0.150. The number of rotatable bonds is 6. The van der Waals surface area contributed by atoms with E-state index in [1.54, 1.807) is 29.3 Å². The molecule has 6 nitrogen and oxygen atoms in total. The maximum absolute atomic E-state index is 12.3. The molecule has 0 saturated carbocycles. The number of hydrogen-bond acceptors (Lipinski definition) is 3. The Labute approximate surface area is 150 Å². The van der Waals surface area contributed by atoms with Crippen molar-refractivity contribution in [3.05, 3.63) is 72.8 Å². The summed E-state index contributed by atoms with van der Waals surface area (Å²) in [6.45, 7) is 0. The van der Waals surface area contributed by atoms with Gasteiger partial charge in [0.2, 0.25) is 5.91 Å². The molecule has 0 radical (unpaired) electrons. The van der Waals surface area contributed by atoms with Gasteiger partial charge in [0.25, 0.3) is 0 Å². The van der Waals surface area contributed by atoms with Crippen molar-refractivity contribution < 1.29 is 4.79 Å². The van der Waals surface area contributed by atoms with Gasteiger partial charge in [-0.1, -0.05) is 18.2 Å². The van der Waals surface area contributed by atoms with Gasteiger partial charge in [-0.05, 0) is 42.7 Å². The number of amides is 1. The van der Waals surface area contributed by atoms with Gasteiger partial charge in [0.05, 0.1) is 5.69 Å². The van der Waals surface area contributed by atoms with Gasteiger partial charge in [0.15, 0.2) is 5.82 Å². The summed E-state index contributed by atoms with van der Waals surface area (Å²) in [6, 6.07) is 13.7. The van der Waals surface area contributed by atoms with Crippen LogP contribution in [0.3, 0.4) is 0 Å². The fourth-order valence-corrected chi connectivity index (χ4v) is 3.06. The lowest BCUT2D eigenvalue weighted by atomic mass is 10.1. The van der Waals surface area contributed by atoms with Crippen molar-refractivity contribution in [3.63, 3.8) is 0 Å². The number of aromatic amines is 1. The molecule has 3 heterocycles. The van der Waals surface area contributed by atoms with Gasteiger partial charge in [-0.15, -0.1) is 0 Å². The lowest BCUT2D eigenvalue weighted by molar-refractivity contribution is -0.116. The third-order valence-corrected chi connectivity index (χ3v) is 4.31. The third kappa shape index (κ3) is 3.35. The maximum atomic E-state index is 12.3. The van der Waals surface area contributed by atoms with Gasteiger partial charge in [0.1, 0.15) is 0 Å². The van der Waals surface area contributed by atoms with E-state index in [0.29, 0.717) is 17.9 Å². The van der Waals surface area contributed by atoms with Gasteiger partial charge in [0, 0.05) is 42.1 Å². The summed E-state index contributed by atoms with van der Waals surface area (Å²) in [5.74, 6) is 0.591. The molecule has 0 aliphatic carbocycles. The summed E-state index contributed by atoms with van der Waals surface area (Å²) in [6.07, 6.45) is 9.29. The number of anilines is 1. The predicted molar refractivity (Wildman–Crippen MR) is 101 cm³/mol. The van der Waals surface area contributed by atoms with E-state index in [-0.39, 0.29) is 5.91 Å². The van der Waals surface area contributed by atoms with Crippen molar-refractivity contribution in [2.75, 3.05) is 5.32 Å². The number of carbonyl (C=O) groups is 1. The Morgan fingerprint density at radius 2 is 2.04 bits per heavy atom. The van der Waals surface area contributed by atoms with Gasteiger partial charge in [-0.25, -0.2) is 9.67 Å². The highest BCUT2D eigenvalue weighted by molar-refractivity contribution is 5.92. The van der Waals surface area contributed by atoms with Crippen LogP contribution in [0.4, 0.5) is 5.69 Å². The van der Waals surface area contributed by atoms with Crippen LogP contribution in [0, 0.1) is 0 Å². The zero-order valence-corrected chi connectivity index (χ0v) is 14.2. The molecule has 0 aliphatic rings. The van der Waals surface area contributed by atoms with Crippen LogP contribution in [0.15, 0.2) is 67.3 Å². The highest BCUT2D eigenvalue weighted by Gasteiger charge is 2.10. The Morgan fingerprint density at radius 1 is 1.12 bits per heavy atom. The number of carbonyl (C=O) groups excluding carboxylic acids is 1. The Kier molecular flexibility index (Phi) is 4.47. The van der Waals surface area contributed by atoms with Gasteiger partial charge >= 0.3 is 0 Å². The first-order chi connectivity index (χ1) is 12.8. The van der Waals surface area contributed by atoms with E-state index in [2.05, 4.69) is 32.5 Å². The van der Waals surface area contributed by atoms with E-state index in [1.165, 1.54) is 10.9 Å². The van der Waals surface area contributed by atoms with Crippen LogP contribution in [0.25, 0.3) is 16.7 Å². The Morgan fingerprint density at radius 3 is 2.92 bits per heavy atom. The SMILES string of the molecule is O=C(CCCc1c[nH]c2ccccc12)Nc1cccnc1-n1cccn1. The molecule has 3 aromatic heterocycles. The number of pyridine rings is 1. The molecule has 0 fully saturated rings. The third-order valence-electron chi connectivity index (χ3n) is 4.31. The number of fused-ring (bicyclic) bond motifs is 1. The topological polar surface area (TPSA) is 75.6 Å². The van der Waals surface area contributed by atoms with Crippen LogP contribution < -0.4 is 5.32 Å². The molecule has 2 N–H and O–H groups in total. The number of nitrogens with zero attached hydrogens (tertiary/aromatic N) is 3. The Balaban J connectivity index is 1.38. The molecular weight excluding hydrogens is 326 g/mol. The van der Waals surface area contributed by atoms with Crippen LogP contribution in [0.5, 0.6) is 0 Å². The zero-order chi connectivity index (χ0) is 17.8. The number of hydrogen-bond donors (Lipinski definition) is 2. The van der Waals surface area contributed by atoms with Crippen molar-refractivity contribution in [2.24, 2.45) is 0 Å². The average Bonchev–Trinajstić information content (AvgIpc) is 3.33. The summed E-state index contributed by atoms with van der Waals surface area (Å²) in [4.78, 5) is 19.9. The minimum absolute atomic E-state index is 0.0220. The molecule has 0 unspecified atom stereocenters. The van der Waals surface area contributed by atoms with Crippen LogP contribution in [-0.4, -0.2) is 25.7 Å². The maximum Gasteiger partial charge on any atom is 0.224 e. The summed E-state index contributed by atoms with van der Waals surface area (Å²) in [5, 5.41) is 8.35. The molecule has 0 aliphatic heterocycles. The van der Waals surface area contributed by atoms with Crippen molar-refractivity contribution in [1.82, 2.24) is 19.7 Å². The average molecular weight is 345 g/mol. The molecule has 1 aromatic carbocycles. The smallest absolute Gasteiger partial charge is 0.224 e. The second kappa shape index (κ2) is 7.23. The number of benzene rings is 1. The van der Waals surface area contributed by atoms with Gasteiger partial charge in [-0.3, -0.25) is 4.79 Å². The first-order valence-corrected chi connectivity index (χ1v) is 8.61. The lowest BCUT2D eigenvalue weighted by Gasteiger charge is -2.09. The first kappa shape index (κ1) is 16.1. The largest absolute Gasteiger partial charge is 0.361 e.